The first-order valence-electron chi connectivity index (χ1n) is 6.03. The number of halogens is 2. The van der Waals surface area contributed by atoms with E-state index in [0.717, 1.165) is 11.6 Å². The quantitative estimate of drug-likeness (QED) is 0.689. The molecule has 3 nitrogen and oxygen atoms in total. The summed E-state index contributed by atoms with van der Waals surface area (Å²) < 4.78 is 27.9. The molecule has 0 bridgehead atoms. The number of anilines is 1. The van der Waals surface area contributed by atoms with E-state index in [1.54, 1.807) is 31.3 Å². The molecule has 1 heterocycles. The molecule has 0 saturated heterocycles. The Labute approximate surface area is 114 Å². The third kappa shape index (κ3) is 1.97. The summed E-state index contributed by atoms with van der Waals surface area (Å²) in [5, 5.41) is 0.717. The van der Waals surface area contributed by atoms with E-state index in [4.69, 9.17) is 5.73 Å². The number of aromatic nitrogens is 2. The third-order valence-electron chi connectivity index (χ3n) is 3.11. The van der Waals surface area contributed by atoms with Crippen molar-refractivity contribution in [3.05, 3.63) is 54.0 Å². The van der Waals surface area contributed by atoms with Gasteiger partial charge in [0.05, 0.1) is 16.8 Å². The van der Waals surface area contributed by atoms with Crippen LogP contribution in [0.4, 0.5) is 14.5 Å². The molecule has 0 saturated carbocycles. The molecule has 5 heteroatoms. The van der Waals surface area contributed by atoms with E-state index in [1.807, 2.05) is 0 Å². The van der Waals surface area contributed by atoms with Gasteiger partial charge in [-0.3, -0.25) is 0 Å². The van der Waals surface area contributed by atoms with Gasteiger partial charge in [0.15, 0.2) is 5.82 Å². The first-order valence-corrected chi connectivity index (χ1v) is 6.03. The van der Waals surface area contributed by atoms with Crippen LogP contribution in [0.25, 0.3) is 22.0 Å². The molecule has 3 aromatic rings. The van der Waals surface area contributed by atoms with Crippen LogP contribution in [0, 0.1) is 18.6 Å². The summed E-state index contributed by atoms with van der Waals surface area (Å²) in [6.45, 7) is 1.78. The van der Waals surface area contributed by atoms with Gasteiger partial charge in [0.2, 0.25) is 0 Å². The molecule has 0 aliphatic carbocycles. The van der Waals surface area contributed by atoms with E-state index in [-0.39, 0.29) is 11.3 Å². The first-order chi connectivity index (χ1) is 9.56. The monoisotopic (exact) mass is 271 g/mol. The van der Waals surface area contributed by atoms with Gasteiger partial charge in [0.1, 0.15) is 11.6 Å². The maximum absolute atomic E-state index is 14.0. The van der Waals surface area contributed by atoms with Crippen LogP contribution in [0.3, 0.4) is 0 Å². The second-order valence-corrected chi connectivity index (χ2v) is 4.52. The Balaban J connectivity index is 2.25. The summed E-state index contributed by atoms with van der Waals surface area (Å²) in [6.07, 6.45) is 1.63. The third-order valence-corrected chi connectivity index (χ3v) is 3.11. The number of nitrogen functional groups attached to an aromatic ring is 1. The zero-order chi connectivity index (χ0) is 14.3. The molecule has 3 rings (SSSR count). The van der Waals surface area contributed by atoms with Crippen molar-refractivity contribution in [3.63, 3.8) is 0 Å². The van der Waals surface area contributed by atoms with Crippen LogP contribution in [0.2, 0.25) is 0 Å². The molecule has 0 atom stereocenters. The van der Waals surface area contributed by atoms with Gasteiger partial charge in [-0.1, -0.05) is 6.07 Å². The van der Waals surface area contributed by atoms with Crippen molar-refractivity contribution in [2.24, 2.45) is 0 Å². The molecule has 2 N–H and O–H groups in total. The fraction of sp³-hybridized carbons (Fsp3) is 0.0667. The molecule has 0 unspecified atom stereocenters. The average molecular weight is 271 g/mol. The van der Waals surface area contributed by atoms with Crippen molar-refractivity contribution >= 4 is 16.6 Å². The van der Waals surface area contributed by atoms with E-state index in [1.165, 1.54) is 6.07 Å². The van der Waals surface area contributed by atoms with Gasteiger partial charge in [0.25, 0.3) is 0 Å². The molecule has 1 aromatic heterocycles. The van der Waals surface area contributed by atoms with E-state index in [2.05, 4.69) is 9.97 Å². The molecule has 0 aliphatic rings. The fourth-order valence-corrected chi connectivity index (χ4v) is 2.11. The van der Waals surface area contributed by atoms with Gasteiger partial charge in [-0.05, 0) is 36.8 Å². The molecule has 0 radical (unpaired) electrons. The molecule has 0 fully saturated rings. The molecule has 100 valence electrons. The minimum Gasteiger partial charge on any atom is -0.396 e. The Bertz CT molecular complexity index is 816. The summed E-state index contributed by atoms with van der Waals surface area (Å²) in [5.41, 5.74) is 6.42. The molecule has 0 aliphatic heterocycles. The molecular weight excluding hydrogens is 260 g/mol. The molecule has 20 heavy (non-hydrogen) atoms. The summed E-state index contributed by atoms with van der Waals surface area (Å²) in [5.74, 6) is -0.756. The van der Waals surface area contributed by atoms with Crippen molar-refractivity contribution in [2.75, 3.05) is 5.73 Å². The number of nitrogens with zero attached hydrogens (tertiary/aromatic N) is 2. The normalized spacial score (nSPS) is 10.9. The van der Waals surface area contributed by atoms with E-state index in [9.17, 15) is 8.78 Å². The second kappa shape index (κ2) is 4.52. The molecule has 0 spiro atoms. The predicted octanol–water partition coefficient (Wildman–Crippen LogP) is 3.47. The number of nitrogens with two attached hydrogens (primary N) is 1. The average Bonchev–Trinajstić information content (AvgIpc) is 2.43. The smallest absolute Gasteiger partial charge is 0.156 e. The van der Waals surface area contributed by atoms with E-state index in [0.29, 0.717) is 16.8 Å². The van der Waals surface area contributed by atoms with Crippen molar-refractivity contribution in [1.29, 1.82) is 0 Å². The van der Waals surface area contributed by atoms with Crippen LogP contribution in [0.1, 0.15) is 5.82 Å². The van der Waals surface area contributed by atoms with Crippen molar-refractivity contribution < 1.29 is 8.78 Å². The SMILES string of the molecule is Cc1ncc2cc(-c3c(F)ccc(N)c3F)ccc2n1. The Hall–Kier alpha value is -2.56. The van der Waals surface area contributed by atoms with Crippen LogP contribution < -0.4 is 5.73 Å². The number of benzene rings is 2. The number of rotatable bonds is 1. The maximum Gasteiger partial charge on any atom is 0.156 e. The van der Waals surface area contributed by atoms with Gasteiger partial charge in [-0.25, -0.2) is 18.7 Å². The highest BCUT2D eigenvalue weighted by molar-refractivity contribution is 5.84. The number of hydrogen-bond acceptors (Lipinski definition) is 3. The summed E-state index contributed by atoms with van der Waals surface area (Å²) in [7, 11) is 0. The van der Waals surface area contributed by atoms with Crippen LogP contribution in [0.5, 0.6) is 0 Å². The topological polar surface area (TPSA) is 51.8 Å². The Morgan fingerprint density at radius 1 is 1.10 bits per heavy atom. The van der Waals surface area contributed by atoms with Gasteiger partial charge in [-0.2, -0.15) is 0 Å². The summed E-state index contributed by atoms with van der Waals surface area (Å²) >= 11 is 0. The highest BCUT2D eigenvalue weighted by Crippen LogP contribution is 2.30. The van der Waals surface area contributed by atoms with E-state index >= 15 is 0 Å². The molecular formula is C15H11F2N3. The molecule has 2 aromatic carbocycles. The standard InChI is InChI=1S/C15H11F2N3/c1-8-19-7-10-6-9(2-5-13(10)20-8)14-11(16)3-4-12(18)15(14)17/h2-7H,18H2,1H3. The second-order valence-electron chi connectivity index (χ2n) is 4.52. The number of fused-ring (bicyclic) bond motifs is 1. The zero-order valence-corrected chi connectivity index (χ0v) is 10.7. The van der Waals surface area contributed by atoms with Crippen molar-refractivity contribution in [3.8, 4) is 11.1 Å². The van der Waals surface area contributed by atoms with Crippen molar-refractivity contribution in [2.45, 2.75) is 6.92 Å². The Morgan fingerprint density at radius 3 is 2.70 bits per heavy atom. The number of hydrogen-bond donors (Lipinski definition) is 1. The number of aryl methyl sites for hydroxylation is 1. The van der Waals surface area contributed by atoms with Crippen LogP contribution in [-0.2, 0) is 0 Å². The van der Waals surface area contributed by atoms with E-state index < -0.39 is 11.6 Å². The van der Waals surface area contributed by atoms with Crippen molar-refractivity contribution in [1.82, 2.24) is 9.97 Å². The lowest BCUT2D eigenvalue weighted by Crippen LogP contribution is -1.97. The lowest BCUT2D eigenvalue weighted by molar-refractivity contribution is 0.592. The highest BCUT2D eigenvalue weighted by Gasteiger charge is 2.14. The Morgan fingerprint density at radius 2 is 1.90 bits per heavy atom. The largest absolute Gasteiger partial charge is 0.396 e. The van der Waals surface area contributed by atoms with Crippen LogP contribution in [-0.4, -0.2) is 9.97 Å². The Kier molecular flexibility index (Phi) is 2.82. The van der Waals surface area contributed by atoms with Gasteiger partial charge in [0, 0.05) is 11.6 Å². The highest BCUT2D eigenvalue weighted by atomic mass is 19.1. The van der Waals surface area contributed by atoms with Crippen LogP contribution >= 0.6 is 0 Å². The first kappa shape index (κ1) is 12.5. The summed E-state index contributed by atoms with van der Waals surface area (Å²) in [6, 6.07) is 7.35. The van der Waals surface area contributed by atoms with Gasteiger partial charge < -0.3 is 5.73 Å². The minimum atomic E-state index is -0.752. The maximum atomic E-state index is 14.0. The molecule has 0 amide bonds. The van der Waals surface area contributed by atoms with Gasteiger partial charge in [-0.15, -0.1) is 0 Å². The van der Waals surface area contributed by atoms with Crippen LogP contribution in [0.15, 0.2) is 36.5 Å². The van der Waals surface area contributed by atoms with Gasteiger partial charge >= 0.3 is 0 Å². The zero-order valence-electron chi connectivity index (χ0n) is 10.7. The fourth-order valence-electron chi connectivity index (χ4n) is 2.11. The lowest BCUT2D eigenvalue weighted by Gasteiger charge is -2.08. The minimum absolute atomic E-state index is 0.0818. The predicted molar refractivity (Wildman–Crippen MR) is 74.0 cm³/mol. The lowest BCUT2D eigenvalue weighted by atomic mass is 10.0. The summed E-state index contributed by atoms with van der Waals surface area (Å²) in [4.78, 5) is 8.33.